The molecular formula is C30H27F3N6O5S. The largest absolute Gasteiger partial charge is 0.483 e. The Morgan fingerprint density at radius 2 is 1.89 bits per heavy atom. The fourth-order valence-electron chi connectivity index (χ4n) is 5.06. The number of benzene rings is 2. The summed E-state index contributed by atoms with van der Waals surface area (Å²) in [4.78, 5) is 34.2. The van der Waals surface area contributed by atoms with Crippen LogP contribution in [0.5, 0.6) is 11.6 Å². The number of aliphatic hydroxyl groups is 1. The SMILES string of the molecule is COc1cnc2c(-c3nc4cc(F)c(O[C@H]5CC(F)(F)CC[C@H]5OC(=O)Nc5cnc(CCO)nc5)cc4s3)cc(C)cc2n1. The molecular weight excluding hydrogens is 613 g/mol. The van der Waals surface area contributed by atoms with Crippen molar-refractivity contribution in [3.05, 3.63) is 60.1 Å². The smallest absolute Gasteiger partial charge is 0.412 e. The van der Waals surface area contributed by atoms with Gasteiger partial charge in [0.1, 0.15) is 23.0 Å². The average molecular weight is 641 g/mol. The van der Waals surface area contributed by atoms with E-state index in [4.69, 9.17) is 19.3 Å². The summed E-state index contributed by atoms with van der Waals surface area (Å²) in [6, 6.07) is 6.37. The minimum Gasteiger partial charge on any atom is -0.483 e. The molecule has 0 spiro atoms. The van der Waals surface area contributed by atoms with Crippen LogP contribution in [0.1, 0.15) is 30.7 Å². The van der Waals surface area contributed by atoms with Crippen LogP contribution in [0.2, 0.25) is 0 Å². The van der Waals surface area contributed by atoms with Gasteiger partial charge in [0.15, 0.2) is 11.6 Å². The van der Waals surface area contributed by atoms with E-state index in [9.17, 15) is 13.6 Å². The maximum absolute atomic E-state index is 15.3. The summed E-state index contributed by atoms with van der Waals surface area (Å²) in [5, 5.41) is 12.0. The molecule has 15 heteroatoms. The van der Waals surface area contributed by atoms with Gasteiger partial charge < -0.3 is 19.3 Å². The van der Waals surface area contributed by atoms with Crippen molar-refractivity contribution < 1.29 is 37.3 Å². The highest BCUT2D eigenvalue weighted by Gasteiger charge is 2.45. The van der Waals surface area contributed by atoms with Gasteiger partial charge in [-0.3, -0.25) is 5.32 Å². The molecule has 1 aliphatic rings. The lowest BCUT2D eigenvalue weighted by atomic mass is 9.91. The van der Waals surface area contributed by atoms with Crippen LogP contribution < -0.4 is 14.8 Å². The van der Waals surface area contributed by atoms with Crippen molar-refractivity contribution in [3.63, 3.8) is 0 Å². The number of alkyl halides is 2. The number of carbonyl (C=O) groups excluding carboxylic acids is 1. The normalized spacial score (nSPS) is 17.7. The summed E-state index contributed by atoms with van der Waals surface area (Å²) in [5.74, 6) is -3.41. The topological polar surface area (TPSA) is 141 Å². The molecule has 0 radical (unpaired) electrons. The molecule has 234 valence electrons. The Labute approximate surface area is 258 Å². The zero-order valence-corrected chi connectivity index (χ0v) is 24.9. The Morgan fingerprint density at radius 1 is 1.09 bits per heavy atom. The van der Waals surface area contributed by atoms with Gasteiger partial charge >= 0.3 is 6.09 Å². The van der Waals surface area contributed by atoms with Gasteiger partial charge in [0.25, 0.3) is 5.92 Å². The predicted octanol–water partition coefficient (Wildman–Crippen LogP) is 5.87. The van der Waals surface area contributed by atoms with Gasteiger partial charge in [-0.1, -0.05) is 0 Å². The lowest BCUT2D eigenvalue weighted by Gasteiger charge is -2.35. The molecule has 0 bridgehead atoms. The van der Waals surface area contributed by atoms with Crippen LogP contribution in [0, 0.1) is 12.7 Å². The fraction of sp³-hybridized carbons (Fsp3) is 0.333. The number of aliphatic hydroxyl groups excluding tert-OH is 1. The summed E-state index contributed by atoms with van der Waals surface area (Å²) in [7, 11) is 1.50. The molecule has 2 N–H and O–H groups in total. The molecule has 1 fully saturated rings. The summed E-state index contributed by atoms with van der Waals surface area (Å²) >= 11 is 1.26. The number of nitrogens with one attached hydrogen (secondary N) is 1. The zero-order valence-electron chi connectivity index (χ0n) is 24.1. The number of fused-ring (bicyclic) bond motifs is 2. The maximum Gasteiger partial charge on any atom is 0.412 e. The van der Waals surface area contributed by atoms with Crippen molar-refractivity contribution >= 4 is 44.4 Å². The van der Waals surface area contributed by atoms with Gasteiger partial charge in [0, 0.05) is 30.5 Å². The first-order chi connectivity index (χ1) is 21.6. The number of aryl methyl sites for hydroxylation is 1. The second kappa shape index (κ2) is 12.4. The number of anilines is 1. The van der Waals surface area contributed by atoms with E-state index in [0.29, 0.717) is 43.5 Å². The third-order valence-electron chi connectivity index (χ3n) is 7.18. The van der Waals surface area contributed by atoms with Crippen molar-refractivity contribution in [2.45, 2.75) is 50.7 Å². The van der Waals surface area contributed by atoms with E-state index < -0.39 is 42.9 Å². The van der Waals surface area contributed by atoms with Gasteiger partial charge in [-0.2, -0.15) is 0 Å². The number of carbonyl (C=O) groups is 1. The number of hydrogen-bond donors (Lipinski definition) is 2. The fourth-order valence-corrected chi connectivity index (χ4v) is 6.05. The number of ether oxygens (including phenoxy) is 3. The number of rotatable bonds is 8. The van der Waals surface area contributed by atoms with Gasteiger partial charge in [0.05, 0.1) is 65.7 Å². The summed E-state index contributed by atoms with van der Waals surface area (Å²) in [6.07, 6.45) is -0.411. The summed E-state index contributed by atoms with van der Waals surface area (Å²) in [6.45, 7) is 1.78. The minimum atomic E-state index is -3.09. The number of thiazole rings is 1. The Balaban J connectivity index is 1.24. The molecule has 0 saturated heterocycles. The van der Waals surface area contributed by atoms with Gasteiger partial charge in [-0.05, 0) is 31.0 Å². The number of nitrogens with zero attached hydrogens (tertiary/aromatic N) is 5. The average Bonchev–Trinajstić information content (AvgIpc) is 3.41. The van der Waals surface area contributed by atoms with E-state index in [1.54, 1.807) is 0 Å². The van der Waals surface area contributed by atoms with Gasteiger partial charge in [0.2, 0.25) is 5.88 Å². The standard InChI is InChI=1S/C30H27F3N6O5S/c1-15-7-17(27-20(8-15)38-26(42-2)14-36-27)28-39-19-9-18(31)22(10-24(19)45-28)43-23-11-30(32,33)5-3-21(23)44-29(41)37-16-12-34-25(4-6-40)35-13-16/h7-10,12-14,21,23,40H,3-6,11H2,1-2H3,(H,37,41)/t21-,23+/m1/s1. The highest BCUT2D eigenvalue weighted by molar-refractivity contribution is 7.21. The molecule has 2 atom stereocenters. The van der Waals surface area contributed by atoms with Crippen LogP contribution in [0.15, 0.2) is 42.9 Å². The van der Waals surface area contributed by atoms with Crippen LogP contribution in [-0.4, -0.2) is 68.0 Å². The highest BCUT2D eigenvalue weighted by Crippen LogP contribution is 2.40. The van der Waals surface area contributed by atoms with Crippen LogP contribution in [0.25, 0.3) is 31.8 Å². The Bertz CT molecular complexity index is 1870. The zero-order chi connectivity index (χ0) is 31.7. The molecule has 5 aromatic rings. The molecule has 0 unspecified atom stereocenters. The quantitative estimate of drug-likeness (QED) is 0.211. The number of amides is 1. The molecule has 45 heavy (non-hydrogen) atoms. The van der Waals surface area contributed by atoms with E-state index in [-0.39, 0.29) is 30.9 Å². The first-order valence-corrected chi connectivity index (χ1v) is 14.8. The van der Waals surface area contributed by atoms with Crippen LogP contribution in [-0.2, 0) is 11.2 Å². The van der Waals surface area contributed by atoms with Crippen molar-refractivity contribution in [1.29, 1.82) is 0 Å². The van der Waals surface area contributed by atoms with E-state index in [1.165, 1.54) is 49.2 Å². The Morgan fingerprint density at radius 3 is 2.64 bits per heavy atom. The predicted molar refractivity (Wildman–Crippen MR) is 159 cm³/mol. The first-order valence-electron chi connectivity index (χ1n) is 14.0. The molecule has 1 saturated carbocycles. The molecule has 0 aliphatic heterocycles. The molecule has 1 amide bonds. The monoisotopic (exact) mass is 640 g/mol. The lowest BCUT2D eigenvalue weighted by Crippen LogP contribution is -2.45. The Hall–Kier alpha value is -4.63. The highest BCUT2D eigenvalue weighted by atomic mass is 32.1. The molecule has 11 nitrogen and oxygen atoms in total. The summed E-state index contributed by atoms with van der Waals surface area (Å²) < 4.78 is 61.3. The maximum atomic E-state index is 15.3. The van der Waals surface area contributed by atoms with E-state index in [2.05, 4.69) is 30.2 Å². The van der Waals surface area contributed by atoms with E-state index >= 15 is 4.39 Å². The van der Waals surface area contributed by atoms with Gasteiger partial charge in [-0.25, -0.2) is 42.9 Å². The molecule has 1 aliphatic carbocycles. The van der Waals surface area contributed by atoms with Crippen molar-refractivity contribution in [2.24, 2.45) is 0 Å². The molecule has 6 rings (SSSR count). The molecule has 3 aromatic heterocycles. The van der Waals surface area contributed by atoms with Crippen LogP contribution in [0.4, 0.5) is 23.7 Å². The molecule has 2 aromatic carbocycles. The third-order valence-corrected chi connectivity index (χ3v) is 8.23. The Kier molecular flexibility index (Phi) is 8.38. The van der Waals surface area contributed by atoms with Gasteiger partial charge in [-0.15, -0.1) is 11.3 Å². The number of aromatic nitrogens is 5. The van der Waals surface area contributed by atoms with Crippen molar-refractivity contribution in [1.82, 2.24) is 24.9 Å². The number of halogens is 3. The molecule has 3 heterocycles. The minimum absolute atomic E-state index is 0.130. The van der Waals surface area contributed by atoms with Crippen molar-refractivity contribution in [3.8, 4) is 22.2 Å². The number of methoxy groups -OCH3 is 1. The summed E-state index contributed by atoms with van der Waals surface area (Å²) in [5.41, 5.74) is 3.37. The lowest BCUT2D eigenvalue weighted by molar-refractivity contribution is -0.114. The van der Waals surface area contributed by atoms with E-state index in [0.717, 1.165) is 5.56 Å². The third kappa shape index (κ3) is 6.73. The van der Waals surface area contributed by atoms with E-state index in [1.807, 2.05) is 19.1 Å². The van der Waals surface area contributed by atoms with Crippen molar-refractivity contribution in [2.75, 3.05) is 19.0 Å². The first kappa shape index (κ1) is 30.4. The second-order valence-electron chi connectivity index (χ2n) is 10.5. The number of hydrogen-bond acceptors (Lipinski definition) is 11. The second-order valence-corrected chi connectivity index (χ2v) is 11.6. The van der Waals surface area contributed by atoms with Crippen LogP contribution >= 0.6 is 11.3 Å². The van der Waals surface area contributed by atoms with Crippen LogP contribution in [0.3, 0.4) is 0 Å².